The van der Waals surface area contributed by atoms with E-state index >= 15 is 0 Å². The van der Waals surface area contributed by atoms with Crippen LogP contribution >= 0.6 is 15.9 Å². The van der Waals surface area contributed by atoms with Crippen LogP contribution in [0.5, 0.6) is 0 Å². The van der Waals surface area contributed by atoms with E-state index in [9.17, 15) is 5.11 Å². The Morgan fingerprint density at radius 2 is 0.728 bits per heavy atom. The Balaban J connectivity index is 0.00000137. The average molecular weight is 1230 g/mol. The van der Waals surface area contributed by atoms with Gasteiger partial charge in [0.15, 0.2) is 16.6 Å². The highest BCUT2D eigenvalue weighted by molar-refractivity contribution is 9.08. The highest BCUT2D eigenvalue weighted by Gasteiger charge is 2.38. The molecule has 11 heteroatoms. The standard InChI is InChI=1S/C35H63NO3Si.C27H58O3Si.C8H6BrN/c1-7-8-9-10-11-12-13-14-15-16-17-18-19-20-21-22-27-37-30-34(31-39-40(5,6)35(2,3)4)38-29-33-25-23-32(28-36)24-26-33;1-7-8-9-10-11-12-13-14-15-16-17-18-19-20-21-22-23-29-24-26(28)25-30-31(5,6)27(2,3)4;9-5-7-1-3-8(6-10)4-2-7/h23-26,34H,7-22,27,29-31H2,1-6H3;26,28H,7-25H2,1-6H3;1-4H,5H2/t34-;26-;/m11./s1. The van der Waals surface area contributed by atoms with E-state index in [1.54, 1.807) is 0 Å². The molecule has 0 amide bonds. The molecule has 0 saturated carbocycles. The Morgan fingerprint density at radius 3 is 1.04 bits per heavy atom. The number of unbranched alkanes of at least 4 members (excludes halogenated alkanes) is 30. The van der Waals surface area contributed by atoms with Crippen LogP contribution in [0.1, 0.15) is 283 Å². The molecule has 0 aliphatic carbocycles. The van der Waals surface area contributed by atoms with Gasteiger partial charge in [-0.2, -0.15) is 10.5 Å². The zero-order chi connectivity index (χ0) is 60.4. The molecule has 2 aromatic rings. The second kappa shape index (κ2) is 51.3. The lowest BCUT2D eigenvalue weighted by molar-refractivity contribution is -0.0476. The summed E-state index contributed by atoms with van der Waals surface area (Å²) >= 11 is 3.32. The van der Waals surface area contributed by atoms with Crippen molar-refractivity contribution in [3.63, 3.8) is 0 Å². The summed E-state index contributed by atoms with van der Waals surface area (Å²) < 4.78 is 30.5. The monoisotopic (exact) mass is 1230 g/mol. The highest BCUT2D eigenvalue weighted by Crippen LogP contribution is 2.37. The summed E-state index contributed by atoms with van der Waals surface area (Å²) in [5.74, 6) is 0. The van der Waals surface area contributed by atoms with Gasteiger partial charge >= 0.3 is 0 Å². The molecular formula is C70H127BrN2O6Si2. The molecule has 0 aliphatic heterocycles. The molecule has 0 aromatic heterocycles. The minimum Gasteiger partial charge on any atom is -0.414 e. The van der Waals surface area contributed by atoms with Crippen molar-refractivity contribution in [3.8, 4) is 12.1 Å². The summed E-state index contributed by atoms with van der Waals surface area (Å²) in [4.78, 5) is 0. The summed E-state index contributed by atoms with van der Waals surface area (Å²) in [7, 11) is -3.63. The maximum Gasteiger partial charge on any atom is 0.192 e. The van der Waals surface area contributed by atoms with Crippen LogP contribution in [-0.2, 0) is 35.0 Å². The number of ether oxygens (including phenoxy) is 3. The number of aliphatic hydroxyl groups excluding tert-OH is 1. The fraction of sp³-hybridized carbons (Fsp3) is 0.800. The van der Waals surface area contributed by atoms with Gasteiger partial charge in [-0.25, -0.2) is 0 Å². The molecule has 468 valence electrons. The summed E-state index contributed by atoms with van der Waals surface area (Å²) in [6, 6.07) is 19.3. The van der Waals surface area contributed by atoms with Gasteiger partial charge in [0.05, 0.1) is 62.4 Å². The van der Waals surface area contributed by atoms with Crippen molar-refractivity contribution in [3.05, 3.63) is 70.8 Å². The van der Waals surface area contributed by atoms with E-state index in [0.717, 1.165) is 36.9 Å². The Labute approximate surface area is 512 Å². The van der Waals surface area contributed by atoms with Gasteiger partial charge in [0.25, 0.3) is 0 Å². The van der Waals surface area contributed by atoms with Gasteiger partial charge in [-0.3, -0.25) is 0 Å². The SMILES string of the molecule is CCCCCCCCCCCCCCCCCCOC[C@@H](O)CO[Si](C)(C)C(C)(C)C.CCCCCCCCCCCCCCCCCCOC[C@H](CO[Si](C)(C)C(C)(C)C)OCc1ccc(C#N)cc1.N#Cc1ccc(CBr)cc1. The predicted molar refractivity (Wildman–Crippen MR) is 357 cm³/mol. The molecule has 0 spiro atoms. The Hall–Kier alpha value is -1.91. The molecule has 2 atom stereocenters. The second-order valence-electron chi connectivity index (χ2n) is 26.2. The van der Waals surface area contributed by atoms with Gasteiger partial charge in [0.2, 0.25) is 0 Å². The maximum absolute atomic E-state index is 10.1. The van der Waals surface area contributed by atoms with Crippen LogP contribution in [0.25, 0.3) is 0 Å². The molecule has 0 radical (unpaired) electrons. The largest absolute Gasteiger partial charge is 0.414 e. The lowest BCUT2D eigenvalue weighted by Gasteiger charge is -2.37. The van der Waals surface area contributed by atoms with Crippen molar-refractivity contribution < 1.29 is 28.2 Å². The summed E-state index contributed by atoms with van der Waals surface area (Å²) in [5, 5.41) is 28.7. The number of benzene rings is 2. The smallest absolute Gasteiger partial charge is 0.192 e. The molecular weight excluding hydrogens is 1100 g/mol. The molecule has 81 heavy (non-hydrogen) atoms. The van der Waals surface area contributed by atoms with E-state index in [4.69, 9.17) is 33.6 Å². The first-order chi connectivity index (χ1) is 38.8. The van der Waals surface area contributed by atoms with Crippen molar-refractivity contribution in [2.45, 2.75) is 321 Å². The van der Waals surface area contributed by atoms with E-state index in [0.29, 0.717) is 44.2 Å². The number of nitriles is 2. The molecule has 0 aliphatic rings. The van der Waals surface area contributed by atoms with Gasteiger partial charge in [-0.1, -0.05) is 288 Å². The third-order valence-corrected chi connectivity index (χ3v) is 26.2. The molecule has 0 bridgehead atoms. The third kappa shape index (κ3) is 46.0. The average Bonchev–Trinajstić information content (AvgIpc) is 3.44. The van der Waals surface area contributed by atoms with Crippen LogP contribution in [-0.4, -0.2) is 73.6 Å². The normalized spacial score (nSPS) is 12.7. The van der Waals surface area contributed by atoms with Crippen molar-refractivity contribution in [2.75, 3.05) is 39.6 Å². The summed E-state index contributed by atoms with van der Waals surface area (Å²) in [6.45, 7) is 31.0. The molecule has 2 rings (SSSR count). The van der Waals surface area contributed by atoms with Crippen LogP contribution in [0.4, 0.5) is 0 Å². The van der Waals surface area contributed by atoms with Crippen molar-refractivity contribution in [2.24, 2.45) is 0 Å². The van der Waals surface area contributed by atoms with Crippen LogP contribution in [0.2, 0.25) is 36.3 Å². The van der Waals surface area contributed by atoms with Gasteiger partial charge in [0, 0.05) is 18.5 Å². The number of rotatable bonds is 48. The molecule has 0 unspecified atom stereocenters. The molecule has 0 fully saturated rings. The lowest BCUT2D eigenvalue weighted by atomic mass is 10.0. The first-order valence-electron chi connectivity index (χ1n) is 33.0. The van der Waals surface area contributed by atoms with Crippen LogP contribution in [0.15, 0.2) is 48.5 Å². The zero-order valence-electron chi connectivity index (χ0n) is 54.8. The number of hydrogen-bond donors (Lipinski definition) is 1. The minimum atomic E-state index is -1.85. The number of aliphatic hydroxyl groups is 1. The van der Waals surface area contributed by atoms with E-state index in [2.05, 4.69) is 110 Å². The molecule has 1 N–H and O–H groups in total. The molecule has 2 aromatic carbocycles. The van der Waals surface area contributed by atoms with Crippen LogP contribution < -0.4 is 0 Å². The van der Waals surface area contributed by atoms with Crippen molar-refractivity contribution >= 4 is 32.6 Å². The van der Waals surface area contributed by atoms with Crippen molar-refractivity contribution in [1.29, 1.82) is 10.5 Å². The highest BCUT2D eigenvalue weighted by atomic mass is 79.9. The third-order valence-electron chi connectivity index (χ3n) is 16.6. The van der Waals surface area contributed by atoms with E-state index < -0.39 is 22.7 Å². The predicted octanol–water partition coefficient (Wildman–Crippen LogP) is 21.8. The summed E-state index contributed by atoms with van der Waals surface area (Å²) in [5.41, 5.74) is 3.64. The first kappa shape index (κ1) is 79.1. The number of nitrogens with zero attached hydrogens (tertiary/aromatic N) is 2. The number of halogens is 1. The zero-order valence-corrected chi connectivity index (χ0v) is 58.4. The molecule has 0 heterocycles. The fourth-order valence-electron chi connectivity index (χ4n) is 8.73. The lowest BCUT2D eigenvalue weighted by Crippen LogP contribution is -2.43. The first-order valence-corrected chi connectivity index (χ1v) is 40.0. The summed E-state index contributed by atoms with van der Waals surface area (Å²) in [6.07, 6.45) is 43.6. The van der Waals surface area contributed by atoms with Gasteiger partial charge in [0.1, 0.15) is 6.10 Å². The van der Waals surface area contributed by atoms with Crippen LogP contribution in [0.3, 0.4) is 0 Å². The topological polar surface area (TPSA) is 114 Å². The Kier molecular flexibility index (Phi) is 50.1. The number of hydrogen-bond acceptors (Lipinski definition) is 8. The Bertz CT molecular complexity index is 1790. The number of alkyl halides is 1. The quantitative estimate of drug-likeness (QED) is 0.0396. The minimum absolute atomic E-state index is 0.0918. The molecule has 8 nitrogen and oxygen atoms in total. The van der Waals surface area contributed by atoms with E-state index in [1.165, 1.54) is 198 Å². The van der Waals surface area contributed by atoms with Gasteiger partial charge in [-0.15, -0.1) is 0 Å². The van der Waals surface area contributed by atoms with Crippen molar-refractivity contribution in [1.82, 2.24) is 0 Å². The fourth-order valence-corrected chi connectivity index (χ4v) is 11.2. The Morgan fingerprint density at radius 1 is 0.432 bits per heavy atom. The second-order valence-corrected chi connectivity index (χ2v) is 36.4. The van der Waals surface area contributed by atoms with Gasteiger partial charge in [-0.05, 0) is 84.5 Å². The van der Waals surface area contributed by atoms with Crippen LogP contribution in [0, 0.1) is 22.7 Å². The van der Waals surface area contributed by atoms with E-state index in [1.807, 2.05) is 48.5 Å². The van der Waals surface area contributed by atoms with E-state index in [-0.39, 0.29) is 16.2 Å². The maximum atomic E-state index is 10.1. The van der Waals surface area contributed by atoms with Gasteiger partial charge < -0.3 is 28.2 Å². The molecule has 0 saturated heterocycles.